The summed E-state index contributed by atoms with van der Waals surface area (Å²) in [6.45, 7) is 1.94. The summed E-state index contributed by atoms with van der Waals surface area (Å²) in [5, 5.41) is 6.00. The second-order valence-electron chi connectivity index (χ2n) is 4.82. The fourth-order valence-electron chi connectivity index (χ4n) is 1.95. The highest BCUT2D eigenvalue weighted by molar-refractivity contribution is 5.82. The van der Waals surface area contributed by atoms with Gasteiger partial charge in [0.1, 0.15) is 0 Å². The van der Waals surface area contributed by atoms with Crippen molar-refractivity contribution in [3.05, 3.63) is 0 Å². The predicted octanol–water partition coefficient (Wildman–Crippen LogP) is -0.667. The van der Waals surface area contributed by atoms with Gasteiger partial charge in [0.25, 0.3) is 0 Å². The van der Waals surface area contributed by atoms with Gasteiger partial charge in [-0.2, -0.15) is 0 Å². The first-order valence-corrected chi connectivity index (χ1v) is 5.89. The van der Waals surface area contributed by atoms with Crippen LogP contribution in [-0.4, -0.2) is 49.4 Å². The van der Waals surface area contributed by atoms with Crippen molar-refractivity contribution < 1.29 is 9.59 Å². The Balaban J connectivity index is 1.61. The van der Waals surface area contributed by atoms with Crippen molar-refractivity contribution in [2.75, 3.05) is 26.7 Å². The monoisotopic (exact) mass is 225 g/mol. The highest BCUT2D eigenvalue weighted by Crippen LogP contribution is 2.27. The Kier molecular flexibility index (Phi) is 3.43. The van der Waals surface area contributed by atoms with E-state index in [1.54, 1.807) is 11.9 Å². The largest absolute Gasteiger partial charge is 0.350 e. The van der Waals surface area contributed by atoms with Crippen LogP contribution in [0.5, 0.6) is 0 Å². The van der Waals surface area contributed by atoms with Gasteiger partial charge in [0.2, 0.25) is 11.8 Å². The average Bonchev–Trinajstić information content (AvgIpc) is 2.96. The molecule has 0 radical (unpaired) electrons. The van der Waals surface area contributed by atoms with E-state index < -0.39 is 0 Å². The maximum Gasteiger partial charge on any atom is 0.234 e. The predicted molar refractivity (Wildman–Crippen MR) is 59.8 cm³/mol. The number of carbonyl (C=O) groups is 2. The molecule has 2 fully saturated rings. The molecule has 1 heterocycles. The van der Waals surface area contributed by atoms with Gasteiger partial charge in [-0.15, -0.1) is 0 Å². The van der Waals surface area contributed by atoms with E-state index in [1.165, 1.54) is 12.8 Å². The number of likely N-dealkylation sites (tertiary alicyclic amines) is 1. The van der Waals surface area contributed by atoms with Gasteiger partial charge in [-0.25, -0.2) is 0 Å². The molecule has 16 heavy (non-hydrogen) atoms. The molecule has 0 bridgehead atoms. The van der Waals surface area contributed by atoms with Crippen LogP contribution in [0.25, 0.3) is 0 Å². The van der Waals surface area contributed by atoms with Crippen LogP contribution >= 0.6 is 0 Å². The summed E-state index contributed by atoms with van der Waals surface area (Å²) in [5.74, 6) is 0.886. The van der Waals surface area contributed by atoms with Gasteiger partial charge in [-0.1, -0.05) is 0 Å². The molecule has 2 amide bonds. The van der Waals surface area contributed by atoms with E-state index in [0.29, 0.717) is 19.5 Å². The van der Waals surface area contributed by atoms with E-state index in [2.05, 4.69) is 10.6 Å². The van der Waals surface area contributed by atoms with E-state index in [9.17, 15) is 9.59 Å². The lowest BCUT2D eigenvalue weighted by atomic mass is 10.2. The zero-order chi connectivity index (χ0) is 11.5. The summed E-state index contributed by atoms with van der Waals surface area (Å²) in [5.41, 5.74) is 0. The highest BCUT2D eigenvalue weighted by Gasteiger charge is 2.27. The molecule has 1 aliphatic carbocycles. The first kappa shape index (κ1) is 11.4. The highest BCUT2D eigenvalue weighted by atomic mass is 16.2. The van der Waals surface area contributed by atoms with E-state index in [1.807, 2.05) is 0 Å². The fourth-order valence-corrected chi connectivity index (χ4v) is 1.95. The van der Waals surface area contributed by atoms with Crippen LogP contribution in [0.15, 0.2) is 0 Å². The maximum absolute atomic E-state index is 11.5. The van der Waals surface area contributed by atoms with Crippen LogP contribution in [0.3, 0.4) is 0 Å². The number of amides is 2. The molecule has 90 valence electrons. The zero-order valence-electron chi connectivity index (χ0n) is 9.66. The van der Waals surface area contributed by atoms with Gasteiger partial charge < -0.3 is 15.5 Å². The maximum atomic E-state index is 11.5. The van der Waals surface area contributed by atoms with Crippen molar-refractivity contribution in [2.24, 2.45) is 5.92 Å². The van der Waals surface area contributed by atoms with E-state index in [0.717, 1.165) is 12.5 Å². The van der Waals surface area contributed by atoms with Gasteiger partial charge in [-0.3, -0.25) is 9.59 Å². The molecule has 1 saturated carbocycles. The Hall–Kier alpha value is -1.10. The Bertz CT molecular complexity index is 289. The summed E-state index contributed by atoms with van der Waals surface area (Å²) >= 11 is 0. The van der Waals surface area contributed by atoms with Crippen LogP contribution in [0.1, 0.15) is 19.3 Å². The standard InChI is InChI=1S/C11H19N3O2/c1-14-7-9(4-11(14)16)13-10(15)6-12-5-8-2-3-8/h8-9,12H,2-7H2,1H3,(H,13,15). The Morgan fingerprint density at radius 3 is 2.81 bits per heavy atom. The summed E-state index contributed by atoms with van der Waals surface area (Å²) in [4.78, 5) is 24.4. The van der Waals surface area contributed by atoms with Gasteiger partial charge in [0.15, 0.2) is 0 Å². The summed E-state index contributed by atoms with van der Waals surface area (Å²) in [6.07, 6.45) is 3.01. The van der Waals surface area contributed by atoms with Crippen LogP contribution in [0, 0.1) is 5.92 Å². The average molecular weight is 225 g/mol. The second kappa shape index (κ2) is 4.82. The number of hydrogen-bond donors (Lipinski definition) is 2. The topological polar surface area (TPSA) is 61.4 Å². The lowest BCUT2D eigenvalue weighted by Crippen LogP contribution is -2.41. The minimum Gasteiger partial charge on any atom is -0.350 e. The SMILES string of the molecule is CN1CC(NC(=O)CNCC2CC2)CC1=O. The smallest absolute Gasteiger partial charge is 0.234 e. The molecular weight excluding hydrogens is 206 g/mol. The molecular formula is C11H19N3O2. The fraction of sp³-hybridized carbons (Fsp3) is 0.818. The number of likely N-dealkylation sites (N-methyl/N-ethyl adjacent to an activating group) is 1. The second-order valence-corrected chi connectivity index (χ2v) is 4.82. The van der Waals surface area contributed by atoms with Gasteiger partial charge >= 0.3 is 0 Å². The first-order valence-electron chi connectivity index (χ1n) is 5.89. The summed E-state index contributed by atoms with van der Waals surface area (Å²) < 4.78 is 0. The molecule has 0 aromatic heterocycles. The quantitative estimate of drug-likeness (QED) is 0.652. The van der Waals surface area contributed by atoms with Crippen LogP contribution < -0.4 is 10.6 Å². The number of carbonyl (C=O) groups excluding carboxylic acids is 2. The molecule has 1 unspecified atom stereocenters. The zero-order valence-corrected chi connectivity index (χ0v) is 9.66. The third-order valence-corrected chi connectivity index (χ3v) is 3.12. The lowest BCUT2D eigenvalue weighted by molar-refractivity contribution is -0.126. The van der Waals surface area contributed by atoms with Gasteiger partial charge in [0, 0.05) is 20.0 Å². The molecule has 0 aromatic rings. The van der Waals surface area contributed by atoms with E-state index in [4.69, 9.17) is 0 Å². The summed E-state index contributed by atoms with van der Waals surface area (Å²) in [7, 11) is 1.76. The van der Waals surface area contributed by atoms with E-state index in [-0.39, 0.29) is 17.9 Å². The van der Waals surface area contributed by atoms with Crippen LogP contribution in [-0.2, 0) is 9.59 Å². The molecule has 5 nitrogen and oxygen atoms in total. The van der Waals surface area contributed by atoms with Crippen LogP contribution in [0.4, 0.5) is 0 Å². The molecule has 2 aliphatic rings. The number of hydrogen-bond acceptors (Lipinski definition) is 3. The third-order valence-electron chi connectivity index (χ3n) is 3.12. The molecule has 2 rings (SSSR count). The summed E-state index contributed by atoms with van der Waals surface area (Å²) in [6, 6.07) is -0.00674. The van der Waals surface area contributed by atoms with Crippen molar-refractivity contribution >= 4 is 11.8 Å². The third kappa shape index (κ3) is 3.20. The molecule has 0 spiro atoms. The van der Waals surface area contributed by atoms with Crippen molar-refractivity contribution in [3.63, 3.8) is 0 Å². The van der Waals surface area contributed by atoms with Gasteiger partial charge in [0.05, 0.1) is 12.6 Å². The van der Waals surface area contributed by atoms with Crippen molar-refractivity contribution in [1.29, 1.82) is 0 Å². The molecule has 0 aromatic carbocycles. The van der Waals surface area contributed by atoms with Crippen molar-refractivity contribution in [3.8, 4) is 0 Å². The number of nitrogens with one attached hydrogen (secondary N) is 2. The Morgan fingerprint density at radius 2 is 2.25 bits per heavy atom. The minimum atomic E-state index is -0.00674. The first-order chi connectivity index (χ1) is 7.65. The minimum absolute atomic E-state index is 0.00579. The molecule has 2 N–H and O–H groups in total. The number of rotatable bonds is 5. The lowest BCUT2D eigenvalue weighted by Gasteiger charge is -2.12. The Labute approximate surface area is 95.6 Å². The van der Waals surface area contributed by atoms with E-state index >= 15 is 0 Å². The van der Waals surface area contributed by atoms with Crippen molar-refractivity contribution in [2.45, 2.75) is 25.3 Å². The molecule has 1 atom stereocenters. The normalized spacial score (nSPS) is 24.9. The Morgan fingerprint density at radius 1 is 1.50 bits per heavy atom. The molecule has 1 saturated heterocycles. The van der Waals surface area contributed by atoms with Crippen LogP contribution in [0.2, 0.25) is 0 Å². The number of nitrogens with zero attached hydrogens (tertiary/aromatic N) is 1. The molecule has 5 heteroatoms. The van der Waals surface area contributed by atoms with Gasteiger partial charge in [-0.05, 0) is 25.3 Å². The van der Waals surface area contributed by atoms with Crippen molar-refractivity contribution in [1.82, 2.24) is 15.5 Å². The molecule has 1 aliphatic heterocycles.